The van der Waals surface area contributed by atoms with Gasteiger partial charge in [0.05, 0.1) is 12.0 Å². The number of nitrogens with two attached hydrogens (primary N) is 1. The van der Waals surface area contributed by atoms with Crippen LogP contribution in [0.15, 0.2) is 25.8 Å². The monoisotopic (exact) mass is 396 g/mol. The van der Waals surface area contributed by atoms with E-state index in [4.69, 9.17) is 14.6 Å². The minimum atomic E-state index is -0.505. The lowest BCUT2D eigenvalue weighted by atomic mass is 9.95. The van der Waals surface area contributed by atoms with Gasteiger partial charge in [0.2, 0.25) is 11.8 Å². The standard InChI is InChI=1S/C22H24N2O5/c1-11-13(3)28-18-10-19-16(8-15(11)18)12(2)17(22(27)29-19)9-20(25)24-6-4-14(5-7-24)21(23)26/h8,10,14H,4-7,9H2,1-3H3,(H2,23,26). The zero-order chi connectivity index (χ0) is 20.9. The van der Waals surface area contributed by atoms with E-state index in [1.165, 1.54) is 0 Å². The summed E-state index contributed by atoms with van der Waals surface area (Å²) in [6.45, 7) is 6.67. The number of primary amides is 1. The van der Waals surface area contributed by atoms with Crippen LogP contribution in [0.3, 0.4) is 0 Å². The van der Waals surface area contributed by atoms with Gasteiger partial charge in [-0.25, -0.2) is 4.79 Å². The van der Waals surface area contributed by atoms with E-state index in [9.17, 15) is 14.4 Å². The van der Waals surface area contributed by atoms with E-state index in [-0.39, 0.29) is 24.2 Å². The molecular formula is C22H24N2O5. The predicted molar refractivity (Wildman–Crippen MR) is 109 cm³/mol. The van der Waals surface area contributed by atoms with Gasteiger partial charge in [0.15, 0.2) is 0 Å². The molecule has 2 amide bonds. The van der Waals surface area contributed by atoms with Crippen LogP contribution in [0, 0.1) is 26.7 Å². The molecule has 1 aliphatic heterocycles. The Morgan fingerprint density at radius 1 is 1.03 bits per heavy atom. The van der Waals surface area contributed by atoms with Crippen molar-refractivity contribution in [3.8, 4) is 0 Å². The Bertz CT molecular complexity index is 1200. The summed E-state index contributed by atoms with van der Waals surface area (Å²) in [6, 6.07) is 3.69. The molecule has 0 atom stereocenters. The first kappa shape index (κ1) is 19.2. The molecule has 1 saturated heterocycles. The maximum atomic E-state index is 12.8. The molecule has 2 aromatic heterocycles. The molecule has 152 valence electrons. The van der Waals surface area contributed by atoms with Gasteiger partial charge < -0.3 is 19.5 Å². The highest BCUT2D eigenvalue weighted by Crippen LogP contribution is 2.31. The number of nitrogens with zero attached hydrogens (tertiary/aromatic N) is 1. The lowest BCUT2D eigenvalue weighted by Gasteiger charge is -2.30. The molecule has 0 aliphatic carbocycles. The van der Waals surface area contributed by atoms with E-state index in [2.05, 4.69) is 0 Å². The first-order chi connectivity index (χ1) is 13.8. The molecule has 0 bridgehead atoms. The van der Waals surface area contributed by atoms with Crippen molar-refractivity contribution in [2.45, 2.75) is 40.0 Å². The van der Waals surface area contributed by atoms with Gasteiger partial charge in [0, 0.05) is 35.8 Å². The van der Waals surface area contributed by atoms with Gasteiger partial charge in [-0.15, -0.1) is 0 Å². The second-order valence-electron chi connectivity index (χ2n) is 7.86. The zero-order valence-corrected chi connectivity index (χ0v) is 16.8. The number of furan rings is 1. The van der Waals surface area contributed by atoms with Crippen molar-refractivity contribution in [1.82, 2.24) is 4.90 Å². The largest absolute Gasteiger partial charge is 0.461 e. The topological polar surface area (TPSA) is 107 Å². The number of hydrogen-bond donors (Lipinski definition) is 1. The number of rotatable bonds is 3. The van der Waals surface area contributed by atoms with Crippen molar-refractivity contribution in [2.75, 3.05) is 13.1 Å². The van der Waals surface area contributed by atoms with Gasteiger partial charge in [-0.2, -0.15) is 0 Å². The lowest BCUT2D eigenvalue weighted by Crippen LogP contribution is -2.42. The number of fused-ring (bicyclic) bond motifs is 2. The maximum Gasteiger partial charge on any atom is 0.340 e. The molecule has 4 rings (SSSR count). The van der Waals surface area contributed by atoms with Crippen LogP contribution >= 0.6 is 0 Å². The molecule has 1 aliphatic rings. The summed E-state index contributed by atoms with van der Waals surface area (Å²) in [5.74, 6) is 0.180. The number of carbonyl (C=O) groups excluding carboxylic acids is 2. The third-order valence-corrected chi connectivity index (χ3v) is 6.16. The Balaban J connectivity index is 1.66. The lowest BCUT2D eigenvalue weighted by molar-refractivity contribution is -0.134. The Labute approximate surface area is 167 Å². The number of piperidine rings is 1. The number of aryl methyl sites for hydroxylation is 3. The fourth-order valence-corrected chi connectivity index (χ4v) is 4.11. The van der Waals surface area contributed by atoms with Crippen LogP contribution in [0.25, 0.3) is 21.9 Å². The molecule has 7 nitrogen and oxygen atoms in total. The summed E-state index contributed by atoms with van der Waals surface area (Å²) < 4.78 is 11.3. The molecule has 0 radical (unpaired) electrons. The number of benzene rings is 1. The van der Waals surface area contributed by atoms with E-state index in [0.717, 1.165) is 27.7 Å². The molecule has 3 heterocycles. The summed E-state index contributed by atoms with van der Waals surface area (Å²) in [6.07, 6.45) is 1.10. The van der Waals surface area contributed by atoms with Crippen LogP contribution in [0.5, 0.6) is 0 Å². The van der Waals surface area contributed by atoms with Crippen molar-refractivity contribution in [3.05, 3.63) is 45.0 Å². The van der Waals surface area contributed by atoms with Crippen LogP contribution < -0.4 is 11.4 Å². The predicted octanol–water partition coefficient (Wildman–Crippen LogP) is 2.73. The second kappa shape index (κ2) is 7.06. The van der Waals surface area contributed by atoms with Gasteiger partial charge in [0.25, 0.3) is 0 Å². The smallest absolute Gasteiger partial charge is 0.340 e. The third-order valence-electron chi connectivity index (χ3n) is 6.16. The van der Waals surface area contributed by atoms with Crippen LogP contribution in [-0.4, -0.2) is 29.8 Å². The van der Waals surface area contributed by atoms with Gasteiger partial charge >= 0.3 is 5.63 Å². The molecule has 0 unspecified atom stereocenters. The highest BCUT2D eigenvalue weighted by molar-refractivity contribution is 5.97. The van der Waals surface area contributed by atoms with Crippen molar-refractivity contribution >= 4 is 33.8 Å². The average molecular weight is 396 g/mol. The number of carbonyl (C=O) groups is 2. The highest BCUT2D eigenvalue weighted by atomic mass is 16.4. The number of hydrogen-bond acceptors (Lipinski definition) is 5. The molecule has 29 heavy (non-hydrogen) atoms. The van der Waals surface area contributed by atoms with Crippen molar-refractivity contribution in [3.63, 3.8) is 0 Å². The Morgan fingerprint density at radius 2 is 1.66 bits per heavy atom. The van der Waals surface area contributed by atoms with E-state index in [1.807, 2.05) is 26.8 Å². The zero-order valence-electron chi connectivity index (χ0n) is 16.8. The minimum absolute atomic E-state index is 0.0211. The van der Waals surface area contributed by atoms with Crippen molar-refractivity contribution in [2.24, 2.45) is 11.7 Å². The Morgan fingerprint density at radius 3 is 2.31 bits per heavy atom. The number of likely N-dealkylation sites (tertiary alicyclic amines) is 1. The SMILES string of the molecule is Cc1oc2cc3oc(=O)c(CC(=O)N4CCC(C(N)=O)CC4)c(C)c3cc2c1C. The third kappa shape index (κ3) is 3.30. The van der Waals surface area contributed by atoms with E-state index in [0.29, 0.717) is 42.7 Å². The van der Waals surface area contributed by atoms with Gasteiger partial charge in [-0.05, 0) is 50.8 Å². The molecule has 0 spiro atoms. The first-order valence-electron chi connectivity index (χ1n) is 9.79. The van der Waals surface area contributed by atoms with Gasteiger partial charge in [-0.3, -0.25) is 9.59 Å². The molecular weight excluding hydrogens is 372 g/mol. The van der Waals surface area contributed by atoms with E-state index >= 15 is 0 Å². The fraction of sp³-hybridized carbons (Fsp3) is 0.409. The normalized spacial score (nSPS) is 15.3. The Kier molecular flexibility index (Phi) is 4.68. The van der Waals surface area contributed by atoms with Gasteiger partial charge in [-0.1, -0.05) is 0 Å². The second-order valence-corrected chi connectivity index (χ2v) is 7.86. The van der Waals surface area contributed by atoms with E-state index in [1.54, 1.807) is 11.0 Å². The summed E-state index contributed by atoms with van der Waals surface area (Å²) in [5.41, 5.74) is 8.14. The maximum absolute atomic E-state index is 12.8. The number of amides is 2. The van der Waals surface area contributed by atoms with E-state index < -0.39 is 5.63 Å². The van der Waals surface area contributed by atoms with Crippen LogP contribution in [-0.2, 0) is 16.0 Å². The average Bonchev–Trinajstić information content (AvgIpc) is 2.97. The van der Waals surface area contributed by atoms with Crippen molar-refractivity contribution < 1.29 is 18.4 Å². The quantitative estimate of drug-likeness (QED) is 0.685. The molecule has 3 aromatic rings. The Hall–Kier alpha value is -3.09. The molecule has 1 fully saturated rings. The summed E-state index contributed by atoms with van der Waals surface area (Å²) in [5, 5.41) is 1.77. The fourth-order valence-electron chi connectivity index (χ4n) is 4.11. The summed E-state index contributed by atoms with van der Waals surface area (Å²) in [4.78, 5) is 38.4. The van der Waals surface area contributed by atoms with Gasteiger partial charge in [0.1, 0.15) is 16.9 Å². The molecule has 1 aromatic carbocycles. The summed E-state index contributed by atoms with van der Waals surface area (Å²) >= 11 is 0. The first-order valence-corrected chi connectivity index (χ1v) is 9.79. The summed E-state index contributed by atoms with van der Waals surface area (Å²) in [7, 11) is 0. The minimum Gasteiger partial charge on any atom is -0.461 e. The van der Waals surface area contributed by atoms with Crippen LogP contribution in [0.2, 0.25) is 0 Å². The highest BCUT2D eigenvalue weighted by Gasteiger charge is 2.27. The van der Waals surface area contributed by atoms with Crippen LogP contribution in [0.4, 0.5) is 0 Å². The van der Waals surface area contributed by atoms with Crippen LogP contribution in [0.1, 0.15) is 35.3 Å². The molecule has 0 saturated carbocycles. The van der Waals surface area contributed by atoms with Crippen molar-refractivity contribution in [1.29, 1.82) is 0 Å². The molecule has 7 heteroatoms. The molecule has 2 N–H and O–H groups in total.